The standard InChI is InChI=1S/C21H18O5/c22-20(23)19(13-6-2-1-3-7-13)25-14-10-11-16-15-8-4-5-9-17(15)21(24)26-18(16)12-14/h1-3,6-7,10-12,19H,4-5,8-9H2,(H,22,23)/p-1/t19-/m1/s1. The molecule has 0 unspecified atom stereocenters. The molecule has 5 nitrogen and oxygen atoms in total. The first-order chi connectivity index (χ1) is 12.6. The fraction of sp³-hybridized carbons (Fsp3) is 0.238. The highest BCUT2D eigenvalue weighted by Crippen LogP contribution is 2.30. The summed E-state index contributed by atoms with van der Waals surface area (Å²) in [5.74, 6) is -1.02. The first-order valence-electron chi connectivity index (χ1n) is 8.64. The number of carbonyl (C=O) groups excluding carboxylic acids is 1. The van der Waals surface area contributed by atoms with Gasteiger partial charge in [-0.05, 0) is 48.9 Å². The molecule has 4 rings (SSSR count). The largest absolute Gasteiger partial charge is 0.546 e. The van der Waals surface area contributed by atoms with Gasteiger partial charge in [-0.2, -0.15) is 0 Å². The van der Waals surface area contributed by atoms with Gasteiger partial charge in [-0.25, -0.2) is 4.79 Å². The summed E-state index contributed by atoms with van der Waals surface area (Å²) in [5, 5.41) is 12.4. The van der Waals surface area contributed by atoms with Crippen LogP contribution in [-0.2, 0) is 17.6 Å². The number of hydrogen-bond acceptors (Lipinski definition) is 5. The lowest BCUT2D eigenvalue weighted by molar-refractivity contribution is -0.314. The summed E-state index contributed by atoms with van der Waals surface area (Å²) in [6.07, 6.45) is 2.40. The van der Waals surface area contributed by atoms with Crippen LogP contribution in [0.4, 0.5) is 0 Å². The normalized spacial score (nSPS) is 14.6. The molecule has 1 aliphatic carbocycles. The van der Waals surface area contributed by atoms with E-state index in [9.17, 15) is 14.7 Å². The van der Waals surface area contributed by atoms with Crippen molar-refractivity contribution in [3.63, 3.8) is 0 Å². The van der Waals surface area contributed by atoms with Gasteiger partial charge in [0.15, 0.2) is 6.10 Å². The molecule has 1 atom stereocenters. The summed E-state index contributed by atoms with van der Waals surface area (Å²) < 4.78 is 11.1. The Morgan fingerprint density at radius 2 is 1.77 bits per heavy atom. The Morgan fingerprint density at radius 3 is 2.50 bits per heavy atom. The third-order valence-electron chi connectivity index (χ3n) is 4.77. The van der Waals surface area contributed by atoms with Crippen LogP contribution in [0.1, 0.15) is 35.6 Å². The van der Waals surface area contributed by atoms with Crippen LogP contribution >= 0.6 is 0 Å². The summed E-state index contributed by atoms with van der Waals surface area (Å²) in [6, 6.07) is 13.7. The predicted octanol–water partition coefficient (Wildman–Crippen LogP) is 2.54. The van der Waals surface area contributed by atoms with Crippen molar-refractivity contribution in [2.45, 2.75) is 31.8 Å². The lowest BCUT2D eigenvalue weighted by Gasteiger charge is -2.21. The Balaban J connectivity index is 1.73. The second-order valence-electron chi connectivity index (χ2n) is 6.44. The van der Waals surface area contributed by atoms with Gasteiger partial charge in [0, 0.05) is 17.0 Å². The van der Waals surface area contributed by atoms with E-state index in [1.807, 2.05) is 6.07 Å². The number of ether oxygens (including phenoxy) is 1. The van der Waals surface area contributed by atoms with Gasteiger partial charge in [-0.15, -0.1) is 0 Å². The Hall–Kier alpha value is -3.08. The molecule has 0 saturated carbocycles. The van der Waals surface area contributed by atoms with Crippen LogP contribution in [0.25, 0.3) is 11.0 Å². The predicted molar refractivity (Wildman–Crippen MR) is 93.9 cm³/mol. The van der Waals surface area contributed by atoms with E-state index in [-0.39, 0.29) is 5.63 Å². The molecule has 0 amide bonds. The molecule has 1 aliphatic rings. The van der Waals surface area contributed by atoms with E-state index in [1.54, 1.807) is 42.5 Å². The molecule has 0 spiro atoms. The van der Waals surface area contributed by atoms with E-state index >= 15 is 0 Å². The Bertz CT molecular complexity index is 1020. The average molecular weight is 349 g/mol. The fourth-order valence-electron chi connectivity index (χ4n) is 3.52. The molecular formula is C21H17O5-. The monoisotopic (exact) mass is 349 g/mol. The molecule has 0 bridgehead atoms. The number of rotatable bonds is 4. The second-order valence-corrected chi connectivity index (χ2v) is 6.44. The molecule has 0 saturated heterocycles. The molecule has 2 aromatic carbocycles. The third kappa shape index (κ3) is 2.96. The SMILES string of the molecule is O=C([O-])[C@H](Oc1ccc2c3c(c(=O)oc2c1)CCCC3)c1ccccc1. The maximum absolute atomic E-state index is 12.2. The van der Waals surface area contributed by atoms with Gasteiger partial charge < -0.3 is 19.1 Å². The van der Waals surface area contributed by atoms with E-state index in [2.05, 4.69) is 0 Å². The van der Waals surface area contributed by atoms with Gasteiger partial charge >= 0.3 is 5.63 Å². The van der Waals surface area contributed by atoms with Crippen molar-refractivity contribution in [3.05, 3.63) is 75.6 Å². The molecule has 3 aromatic rings. The number of hydrogen-bond donors (Lipinski definition) is 0. The number of aryl methyl sites for hydroxylation is 1. The van der Waals surface area contributed by atoms with Crippen LogP contribution in [0.2, 0.25) is 0 Å². The van der Waals surface area contributed by atoms with E-state index < -0.39 is 12.1 Å². The Labute approximate surface area is 149 Å². The topological polar surface area (TPSA) is 79.6 Å². The summed E-state index contributed by atoms with van der Waals surface area (Å²) >= 11 is 0. The minimum Gasteiger partial charge on any atom is -0.546 e. The van der Waals surface area contributed by atoms with E-state index in [0.29, 0.717) is 16.9 Å². The number of fused-ring (bicyclic) bond motifs is 3. The van der Waals surface area contributed by atoms with Gasteiger partial charge in [0.2, 0.25) is 0 Å². The van der Waals surface area contributed by atoms with Crippen LogP contribution in [0, 0.1) is 0 Å². The minimum absolute atomic E-state index is 0.314. The van der Waals surface area contributed by atoms with Crippen LogP contribution in [0.5, 0.6) is 5.75 Å². The molecule has 0 radical (unpaired) electrons. The maximum Gasteiger partial charge on any atom is 0.339 e. The van der Waals surface area contributed by atoms with Crippen molar-refractivity contribution in [2.24, 2.45) is 0 Å². The fourth-order valence-corrected chi connectivity index (χ4v) is 3.52. The molecule has 26 heavy (non-hydrogen) atoms. The van der Waals surface area contributed by atoms with Gasteiger partial charge in [0.1, 0.15) is 11.3 Å². The highest BCUT2D eigenvalue weighted by atomic mass is 16.5. The lowest BCUT2D eigenvalue weighted by atomic mass is 9.91. The summed E-state index contributed by atoms with van der Waals surface area (Å²) in [5.41, 5.74) is 2.38. The minimum atomic E-state index is -1.33. The molecule has 1 heterocycles. The van der Waals surface area contributed by atoms with Crippen molar-refractivity contribution < 1.29 is 19.1 Å². The van der Waals surface area contributed by atoms with Crippen LogP contribution in [-0.4, -0.2) is 5.97 Å². The first kappa shape index (κ1) is 16.4. The number of carboxylic acid groups (broad SMARTS) is 1. The maximum atomic E-state index is 12.2. The smallest absolute Gasteiger partial charge is 0.339 e. The van der Waals surface area contributed by atoms with Gasteiger partial charge in [0.05, 0.1) is 5.97 Å². The zero-order valence-electron chi connectivity index (χ0n) is 14.1. The van der Waals surface area contributed by atoms with Crippen molar-refractivity contribution in [3.8, 4) is 5.75 Å². The molecular weight excluding hydrogens is 332 g/mol. The number of carboxylic acids is 1. The molecule has 1 aromatic heterocycles. The van der Waals surface area contributed by atoms with Crippen molar-refractivity contribution in [1.82, 2.24) is 0 Å². The Morgan fingerprint density at radius 1 is 1.04 bits per heavy atom. The molecule has 0 aliphatic heterocycles. The van der Waals surface area contributed by atoms with Crippen molar-refractivity contribution in [1.29, 1.82) is 0 Å². The van der Waals surface area contributed by atoms with Crippen LogP contribution in [0.3, 0.4) is 0 Å². The molecule has 132 valence electrons. The number of aliphatic carboxylic acids is 1. The summed E-state index contributed by atoms with van der Waals surface area (Å²) in [4.78, 5) is 23.7. The zero-order chi connectivity index (χ0) is 18.1. The first-order valence-corrected chi connectivity index (χ1v) is 8.64. The summed E-state index contributed by atoms with van der Waals surface area (Å²) in [6.45, 7) is 0. The van der Waals surface area contributed by atoms with Crippen LogP contribution in [0.15, 0.2) is 57.7 Å². The van der Waals surface area contributed by atoms with E-state index in [4.69, 9.17) is 9.15 Å². The van der Waals surface area contributed by atoms with Gasteiger partial charge in [-0.1, -0.05) is 30.3 Å². The lowest BCUT2D eigenvalue weighted by Crippen LogP contribution is -2.33. The number of carbonyl (C=O) groups is 1. The molecule has 5 heteroatoms. The highest BCUT2D eigenvalue weighted by molar-refractivity contribution is 5.83. The van der Waals surface area contributed by atoms with Gasteiger partial charge in [-0.3, -0.25) is 0 Å². The third-order valence-corrected chi connectivity index (χ3v) is 4.77. The molecule has 0 N–H and O–H groups in total. The molecule has 0 fully saturated rings. The van der Waals surface area contributed by atoms with Crippen LogP contribution < -0.4 is 15.5 Å². The average Bonchev–Trinajstić information content (AvgIpc) is 2.66. The van der Waals surface area contributed by atoms with E-state index in [0.717, 1.165) is 42.2 Å². The highest BCUT2D eigenvalue weighted by Gasteiger charge is 2.19. The Kier molecular flexibility index (Phi) is 4.21. The zero-order valence-corrected chi connectivity index (χ0v) is 14.1. The second kappa shape index (κ2) is 6.67. The van der Waals surface area contributed by atoms with Crippen molar-refractivity contribution in [2.75, 3.05) is 0 Å². The quantitative estimate of drug-likeness (QED) is 0.676. The summed E-state index contributed by atoms with van der Waals surface area (Å²) in [7, 11) is 0. The van der Waals surface area contributed by atoms with Gasteiger partial charge in [0.25, 0.3) is 0 Å². The number of benzene rings is 2. The van der Waals surface area contributed by atoms with E-state index in [1.165, 1.54) is 0 Å². The van der Waals surface area contributed by atoms with Crippen molar-refractivity contribution >= 4 is 16.9 Å².